The summed E-state index contributed by atoms with van der Waals surface area (Å²) in [5.74, 6) is 0.774. The highest BCUT2D eigenvalue weighted by molar-refractivity contribution is 7.80. The number of hydrogen-bond donors (Lipinski definition) is 1. The second-order valence-electron chi connectivity index (χ2n) is 5.42. The Bertz CT molecular complexity index is 686. The zero-order valence-corrected chi connectivity index (χ0v) is 14.4. The molecule has 0 spiro atoms. The monoisotopic (exact) mass is 347 g/mol. The Kier molecular flexibility index (Phi) is 4.93. The van der Waals surface area contributed by atoms with Gasteiger partial charge >= 0.3 is 0 Å². The smallest absolute Gasteiger partial charge is 0.225 e. The molecule has 3 rings (SSSR count). The van der Waals surface area contributed by atoms with Crippen molar-refractivity contribution >= 4 is 40.6 Å². The Morgan fingerprint density at radius 2 is 1.87 bits per heavy atom. The number of benzene rings is 1. The summed E-state index contributed by atoms with van der Waals surface area (Å²) in [6, 6.07) is 7.70. The van der Waals surface area contributed by atoms with E-state index in [-0.39, 0.29) is 0 Å². The average molecular weight is 348 g/mol. The number of hydrogen-bond acceptors (Lipinski definition) is 4. The lowest BCUT2D eigenvalue weighted by Gasteiger charge is -2.36. The second kappa shape index (κ2) is 7.10. The van der Waals surface area contributed by atoms with Crippen molar-refractivity contribution in [2.75, 3.05) is 36.4 Å². The lowest BCUT2D eigenvalue weighted by atomic mass is 10.2. The van der Waals surface area contributed by atoms with Crippen molar-refractivity contribution in [3.63, 3.8) is 0 Å². The van der Waals surface area contributed by atoms with Crippen LogP contribution in [0.25, 0.3) is 0 Å². The highest BCUT2D eigenvalue weighted by atomic mass is 35.5. The van der Waals surface area contributed by atoms with Crippen molar-refractivity contribution in [1.82, 2.24) is 14.9 Å². The molecule has 1 aliphatic rings. The summed E-state index contributed by atoms with van der Waals surface area (Å²) in [4.78, 5) is 12.9. The Morgan fingerprint density at radius 3 is 2.52 bits per heavy atom. The van der Waals surface area contributed by atoms with Gasteiger partial charge in [0, 0.05) is 49.3 Å². The van der Waals surface area contributed by atoms with Crippen molar-refractivity contribution < 1.29 is 0 Å². The van der Waals surface area contributed by atoms with Gasteiger partial charge in [-0.1, -0.05) is 17.7 Å². The van der Waals surface area contributed by atoms with Crippen molar-refractivity contribution in [2.24, 2.45) is 0 Å². The van der Waals surface area contributed by atoms with Gasteiger partial charge < -0.3 is 15.1 Å². The molecular formula is C16H18ClN5S. The standard InChI is InChI=1S/C16H18ClN5S/c1-12-3-4-13(11-14(12)17)20-16(23)22-9-7-21(8-10-22)15-18-5-2-6-19-15/h2-6,11H,7-10H2,1H3,(H,20,23). The number of rotatable bonds is 2. The molecule has 0 saturated carbocycles. The van der Waals surface area contributed by atoms with Gasteiger partial charge in [0.2, 0.25) is 5.95 Å². The Hall–Kier alpha value is -1.92. The minimum atomic E-state index is 0.721. The maximum atomic E-state index is 6.15. The Labute approximate surface area is 146 Å². The fourth-order valence-corrected chi connectivity index (χ4v) is 2.92. The molecule has 1 N–H and O–H groups in total. The van der Waals surface area contributed by atoms with Crippen molar-refractivity contribution in [3.8, 4) is 0 Å². The number of nitrogens with one attached hydrogen (secondary N) is 1. The van der Waals surface area contributed by atoms with E-state index in [1.165, 1.54) is 0 Å². The zero-order valence-electron chi connectivity index (χ0n) is 12.9. The number of halogens is 1. The topological polar surface area (TPSA) is 44.3 Å². The van der Waals surface area contributed by atoms with E-state index in [2.05, 4.69) is 25.1 Å². The maximum Gasteiger partial charge on any atom is 0.225 e. The maximum absolute atomic E-state index is 6.15. The van der Waals surface area contributed by atoms with Crippen LogP contribution >= 0.6 is 23.8 Å². The van der Waals surface area contributed by atoms with Gasteiger partial charge in [-0.15, -0.1) is 0 Å². The first-order valence-corrected chi connectivity index (χ1v) is 8.26. The minimum absolute atomic E-state index is 0.721. The molecule has 7 heteroatoms. The summed E-state index contributed by atoms with van der Waals surface area (Å²) >= 11 is 11.7. The molecule has 1 aromatic heterocycles. The van der Waals surface area contributed by atoms with Crippen molar-refractivity contribution in [1.29, 1.82) is 0 Å². The van der Waals surface area contributed by atoms with E-state index in [1.807, 2.05) is 31.2 Å². The van der Waals surface area contributed by atoms with Crippen molar-refractivity contribution in [2.45, 2.75) is 6.92 Å². The summed E-state index contributed by atoms with van der Waals surface area (Å²) in [6.07, 6.45) is 3.53. The molecule has 0 radical (unpaired) electrons. The van der Waals surface area contributed by atoms with Crippen molar-refractivity contribution in [3.05, 3.63) is 47.2 Å². The zero-order chi connectivity index (χ0) is 16.2. The molecule has 1 saturated heterocycles. The Morgan fingerprint density at radius 1 is 1.17 bits per heavy atom. The predicted molar refractivity (Wildman–Crippen MR) is 98.2 cm³/mol. The van der Waals surface area contributed by atoms with Crippen LogP contribution in [0.2, 0.25) is 5.02 Å². The van der Waals surface area contributed by atoms with Gasteiger partial charge in [-0.2, -0.15) is 0 Å². The van der Waals surface area contributed by atoms with E-state index in [0.717, 1.165) is 53.5 Å². The van der Waals surface area contributed by atoms with E-state index >= 15 is 0 Å². The van der Waals surface area contributed by atoms with Gasteiger partial charge in [0.05, 0.1) is 0 Å². The van der Waals surface area contributed by atoms with E-state index in [0.29, 0.717) is 0 Å². The number of thiocarbonyl (C=S) groups is 1. The third kappa shape index (κ3) is 3.89. The van der Waals surface area contributed by atoms with E-state index < -0.39 is 0 Å². The predicted octanol–water partition coefficient (Wildman–Crippen LogP) is 2.96. The van der Waals surface area contributed by atoms with Gasteiger partial charge in [-0.25, -0.2) is 9.97 Å². The summed E-state index contributed by atoms with van der Waals surface area (Å²) in [6.45, 7) is 5.35. The molecule has 23 heavy (non-hydrogen) atoms. The first-order valence-electron chi connectivity index (χ1n) is 7.47. The quantitative estimate of drug-likeness (QED) is 0.843. The third-order valence-corrected chi connectivity index (χ3v) is 4.59. The fourth-order valence-electron chi connectivity index (χ4n) is 2.44. The molecule has 2 aromatic rings. The highest BCUT2D eigenvalue weighted by Crippen LogP contribution is 2.20. The fraction of sp³-hybridized carbons (Fsp3) is 0.312. The molecule has 0 amide bonds. The lowest BCUT2D eigenvalue weighted by Crippen LogP contribution is -2.50. The van der Waals surface area contributed by atoms with Gasteiger partial charge in [0.1, 0.15) is 0 Å². The van der Waals surface area contributed by atoms with Crippen LogP contribution in [-0.2, 0) is 0 Å². The highest BCUT2D eigenvalue weighted by Gasteiger charge is 2.20. The molecule has 1 aromatic carbocycles. The number of anilines is 2. The molecule has 120 valence electrons. The summed E-state index contributed by atoms with van der Waals surface area (Å²) < 4.78 is 0. The van der Waals surface area contributed by atoms with Gasteiger partial charge in [-0.3, -0.25) is 0 Å². The summed E-state index contributed by atoms with van der Waals surface area (Å²) in [7, 11) is 0. The Balaban J connectivity index is 1.57. The molecule has 1 fully saturated rings. The molecule has 0 atom stereocenters. The van der Waals surface area contributed by atoms with Crippen LogP contribution in [0.1, 0.15) is 5.56 Å². The van der Waals surface area contributed by atoms with E-state index in [4.69, 9.17) is 23.8 Å². The lowest BCUT2D eigenvalue weighted by molar-refractivity contribution is 0.388. The molecule has 5 nitrogen and oxygen atoms in total. The minimum Gasteiger partial charge on any atom is -0.345 e. The summed E-state index contributed by atoms with van der Waals surface area (Å²) in [5, 5.41) is 4.72. The van der Waals surface area contributed by atoms with Crippen LogP contribution in [0, 0.1) is 6.92 Å². The van der Waals surface area contributed by atoms with Crippen LogP contribution in [-0.4, -0.2) is 46.2 Å². The SMILES string of the molecule is Cc1ccc(NC(=S)N2CCN(c3ncccn3)CC2)cc1Cl. The average Bonchev–Trinajstić information content (AvgIpc) is 2.59. The number of nitrogens with zero attached hydrogens (tertiary/aromatic N) is 4. The van der Waals surface area contributed by atoms with Gasteiger partial charge in [-0.05, 0) is 42.9 Å². The first-order chi connectivity index (χ1) is 11.1. The molecular weight excluding hydrogens is 330 g/mol. The number of aryl methyl sites for hydroxylation is 1. The van der Waals surface area contributed by atoms with Crippen LogP contribution in [0.15, 0.2) is 36.7 Å². The van der Waals surface area contributed by atoms with Gasteiger partial charge in [0.25, 0.3) is 0 Å². The first kappa shape index (κ1) is 16.0. The largest absolute Gasteiger partial charge is 0.345 e. The molecule has 0 unspecified atom stereocenters. The van der Waals surface area contributed by atoms with E-state index in [1.54, 1.807) is 12.4 Å². The van der Waals surface area contributed by atoms with Crippen LogP contribution in [0.5, 0.6) is 0 Å². The third-order valence-electron chi connectivity index (χ3n) is 3.82. The molecule has 1 aliphatic heterocycles. The normalized spacial score (nSPS) is 14.7. The van der Waals surface area contributed by atoms with E-state index in [9.17, 15) is 0 Å². The molecule has 0 aliphatic carbocycles. The summed E-state index contributed by atoms with van der Waals surface area (Å²) in [5.41, 5.74) is 1.97. The van der Waals surface area contributed by atoms with Crippen LogP contribution in [0.3, 0.4) is 0 Å². The van der Waals surface area contributed by atoms with Gasteiger partial charge in [0.15, 0.2) is 5.11 Å². The number of piperazine rings is 1. The number of aromatic nitrogens is 2. The van der Waals surface area contributed by atoms with Crippen LogP contribution < -0.4 is 10.2 Å². The molecule has 2 heterocycles. The second-order valence-corrected chi connectivity index (χ2v) is 6.21. The molecule has 0 bridgehead atoms. The van der Waals surface area contributed by atoms with Crippen LogP contribution in [0.4, 0.5) is 11.6 Å².